The van der Waals surface area contributed by atoms with Gasteiger partial charge in [0.05, 0.1) is 0 Å². The van der Waals surface area contributed by atoms with Gasteiger partial charge in [-0.3, -0.25) is 4.79 Å². The van der Waals surface area contributed by atoms with E-state index in [1.54, 1.807) is 6.07 Å². The Morgan fingerprint density at radius 2 is 1.96 bits per heavy atom. The summed E-state index contributed by atoms with van der Waals surface area (Å²) in [5.41, 5.74) is -0.000896. The van der Waals surface area contributed by atoms with E-state index in [2.05, 4.69) is 21.2 Å². The summed E-state index contributed by atoms with van der Waals surface area (Å²) in [7, 11) is 0. The highest BCUT2D eigenvalue weighted by molar-refractivity contribution is 9.10. The molecular formula is C17H14BrF2NO4. The minimum Gasteiger partial charge on any atom is -0.481 e. The summed E-state index contributed by atoms with van der Waals surface area (Å²) in [6.45, 7) is 0.579. The van der Waals surface area contributed by atoms with Crippen LogP contribution >= 0.6 is 15.9 Å². The van der Waals surface area contributed by atoms with Crippen LogP contribution in [0.4, 0.5) is 8.78 Å². The van der Waals surface area contributed by atoms with E-state index in [1.807, 2.05) is 0 Å². The molecule has 1 amide bonds. The number of carbonyl (C=O) groups excluding carboxylic acids is 1. The fraction of sp³-hybridized carbons (Fsp3) is 0.176. The van der Waals surface area contributed by atoms with Gasteiger partial charge in [-0.2, -0.15) is 0 Å². The largest absolute Gasteiger partial charge is 0.481 e. The van der Waals surface area contributed by atoms with Crippen molar-refractivity contribution < 1.29 is 28.2 Å². The van der Waals surface area contributed by atoms with Crippen LogP contribution in [0.1, 0.15) is 21.5 Å². The Morgan fingerprint density at radius 1 is 1.24 bits per heavy atom. The highest BCUT2D eigenvalue weighted by Crippen LogP contribution is 2.24. The number of benzene rings is 2. The van der Waals surface area contributed by atoms with Gasteiger partial charge in [0.15, 0.2) is 6.61 Å². The molecule has 0 aromatic heterocycles. The summed E-state index contributed by atoms with van der Waals surface area (Å²) < 4.78 is 33.6. The number of carboxylic acids is 1. The molecule has 2 N–H and O–H groups in total. The van der Waals surface area contributed by atoms with Crippen LogP contribution in [0.2, 0.25) is 0 Å². The minimum absolute atomic E-state index is 0.163. The zero-order valence-corrected chi connectivity index (χ0v) is 14.7. The highest BCUT2D eigenvalue weighted by Gasteiger charge is 2.21. The van der Waals surface area contributed by atoms with Crippen molar-refractivity contribution in [3.05, 3.63) is 63.1 Å². The van der Waals surface area contributed by atoms with Gasteiger partial charge in [-0.15, -0.1) is 0 Å². The molecule has 2 aromatic rings. The topological polar surface area (TPSA) is 75.6 Å². The summed E-state index contributed by atoms with van der Waals surface area (Å²) in [4.78, 5) is 22.9. The number of amides is 1. The van der Waals surface area contributed by atoms with Crippen molar-refractivity contribution in [2.75, 3.05) is 6.61 Å². The molecule has 25 heavy (non-hydrogen) atoms. The second-order valence-electron chi connectivity index (χ2n) is 5.17. The summed E-state index contributed by atoms with van der Waals surface area (Å²) in [6.07, 6.45) is 0. The average Bonchev–Trinajstić information content (AvgIpc) is 2.54. The molecule has 0 aliphatic heterocycles. The lowest BCUT2D eigenvalue weighted by molar-refractivity contribution is -0.139. The molecule has 0 aliphatic rings. The van der Waals surface area contributed by atoms with Crippen LogP contribution in [0, 0.1) is 18.6 Å². The summed E-state index contributed by atoms with van der Waals surface area (Å²) in [5, 5.41) is 11.1. The molecule has 0 fully saturated rings. The number of rotatable bonds is 6. The number of ether oxygens (including phenoxy) is 1. The van der Waals surface area contributed by atoms with Gasteiger partial charge in [0.2, 0.25) is 0 Å². The molecule has 5 nitrogen and oxygen atoms in total. The van der Waals surface area contributed by atoms with Crippen molar-refractivity contribution in [2.24, 2.45) is 0 Å². The monoisotopic (exact) mass is 413 g/mol. The Labute approximate surface area is 150 Å². The molecule has 0 saturated carbocycles. The standard InChI is InChI=1S/C17H14BrF2NO4/c1-9-2-5-13(25-8-14(22)23)15(16(9)20)17(24)21-7-10-3-4-11(18)6-12(10)19/h2-6H,7-8H2,1H3,(H,21,24)(H,22,23). The van der Waals surface area contributed by atoms with E-state index in [9.17, 15) is 18.4 Å². The predicted molar refractivity (Wildman–Crippen MR) is 89.5 cm³/mol. The molecule has 2 rings (SSSR count). The van der Waals surface area contributed by atoms with E-state index in [4.69, 9.17) is 9.84 Å². The third-order valence-electron chi connectivity index (χ3n) is 3.33. The first-order valence-electron chi connectivity index (χ1n) is 7.15. The van der Waals surface area contributed by atoms with Crippen LogP contribution in [0.5, 0.6) is 5.75 Å². The number of hydrogen-bond acceptors (Lipinski definition) is 3. The molecule has 0 heterocycles. The summed E-state index contributed by atoms with van der Waals surface area (Å²) in [5.74, 6) is -3.63. The van der Waals surface area contributed by atoms with Gasteiger partial charge < -0.3 is 15.2 Å². The quantitative estimate of drug-likeness (QED) is 0.760. The van der Waals surface area contributed by atoms with Gasteiger partial charge in [0, 0.05) is 16.6 Å². The molecule has 0 atom stereocenters. The van der Waals surface area contributed by atoms with Crippen LogP contribution < -0.4 is 10.1 Å². The van der Waals surface area contributed by atoms with Crippen LogP contribution in [-0.2, 0) is 11.3 Å². The maximum absolute atomic E-state index is 14.3. The number of halogens is 3. The Morgan fingerprint density at radius 3 is 2.60 bits per heavy atom. The Kier molecular flexibility index (Phi) is 6.08. The maximum atomic E-state index is 14.3. The second-order valence-corrected chi connectivity index (χ2v) is 6.09. The zero-order chi connectivity index (χ0) is 18.6. The third-order valence-corrected chi connectivity index (χ3v) is 3.82. The van der Waals surface area contributed by atoms with Crippen molar-refractivity contribution >= 4 is 27.8 Å². The Bertz CT molecular complexity index is 827. The van der Waals surface area contributed by atoms with Crippen LogP contribution in [0.3, 0.4) is 0 Å². The minimum atomic E-state index is -1.26. The lowest BCUT2D eigenvalue weighted by Gasteiger charge is -2.13. The van der Waals surface area contributed by atoms with E-state index in [0.717, 1.165) is 0 Å². The Hall–Kier alpha value is -2.48. The van der Waals surface area contributed by atoms with Crippen molar-refractivity contribution in [3.63, 3.8) is 0 Å². The number of carbonyl (C=O) groups is 2. The first-order chi connectivity index (χ1) is 11.8. The molecule has 8 heteroatoms. The molecular weight excluding hydrogens is 400 g/mol. The fourth-order valence-corrected chi connectivity index (χ4v) is 2.40. The molecule has 0 unspecified atom stereocenters. The van der Waals surface area contributed by atoms with Gasteiger partial charge in [0.1, 0.15) is 22.9 Å². The molecule has 2 aromatic carbocycles. The fourth-order valence-electron chi connectivity index (χ4n) is 2.06. The molecule has 0 aliphatic carbocycles. The van der Waals surface area contributed by atoms with E-state index < -0.39 is 35.7 Å². The van der Waals surface area contributed by atoms with Crippen molar-refractivity contribution in [1.82, 2.24) is 5.32 Å². The van der Waals surface area contributed by atoms with E-state index >= 15 is 0 Å². The molecule has 0 radical (unpaired) electrons. The maximum Gasteiger partial charge on any atom is 0.341 e. The van der Waals surface area contributed by atoms with Crippen molar-refractivity contribution in [3.8, 4) is 5.75 Å². The highest BCUT2D eigenvalue weighted by atomic mass is 79.9. The zero-order valence-electron chi connectivity index (χ0n) is 13.1. The average molecular weight is 414 g/mol. The number of nitrogens with one attached hydrogen (secondary N) is 1. The number of hydrogen-bond donors (Lipinski definition) is 2. The van der Waals surface area contributed by atoms with E-state index in [-0.39, 0.29) is 23.4 Å². The number of aryl methyl sites for hydroxylation is 1. The van der Waals surface area contributed by atoms with Gasteiger partial charge >= 0.3 is 5.97 Å². The molecule has 0 bridgehead atoms. The van der Waals surface area contributed by atoms with Crippen molar-refractivity contribution in [2.45, 2.75) is 13.5 Å². The first-order valence-corrected chi connectivity index (χ1v) is 7.94. The normalized spacial score (nSPS) is 10.4. The lowest BCUT2D eigenvalue weighted by Crippen LogP contribution is -2.26. The summed E-state index contributed by atoms with van der Waals surface area (Å²) >= 11 is 3.13. The van der Waals surface area contributed by atoms with Crippen LogP contribution in [0.25, 0.3) is 0 Å². The molecule has 0 saturated heterocycles. The lowest BCUT2D eigenvalue weighted by atomic mass is 10.1. The molecule has 0 spiro atoms. The first kappa shape index (κ1) is 18.9. The SMILES string of the molecule is Cc1ccc(OCC(=O)O)c(C(=O)NCc2ccc(Br)cc2F)c1F. The van der Waals surface area contributed by atoms with Gasteiger partial charge in [-0.05, 0) is 30.7 Å². The third kappa shape index (κ3) is 4.76. The van der Waals surface area contributed by atoms with Gasteiger partial charge in [0.25, 0.3) is 5.91 Å². The number of aliphatic carboxylic acids is 1. The number of carboxylic acid groups (broad SMARTS) is 1. The van der Waals surface area contributed by atoms with Gasteiger partial charge in [-0.1, -0.05) is 28.1 Å². The van der Waals surface area contributed by atoms with Crippen LogP contribution in [0.15, 0.2) is 34.8 Å². The van der Waals surface area contributed by atoms with Crippen LogP contribution in [-0.4, -0.2) is 23.6 Å². The van der Waals surface area contributed by atoms with Crippen molar-refractivity contribution in [1.29, 1.82) is 0 Å². The molecule has 132 valence electrons. The predicted octanol–water partition coefficient (Wildman–Crippen LogP) is 3.43. The smallest absolute Gasteiger partial charge is 0.341 e. The summed E-state index contributed by atoms with van der Waals surface area (Å²) in [6, 6.07) is 7.03. The Balaban J connectivity index is 2.22. The van der Waals surface area contributed by atoms with Gasteiger partial charge in [-0.25, -0.2) is 13.6 Å². The second kappa shape index (κ2) is 8.06. The van der Waals surface area contributed by atoms with E-state index in [1.165, 1.54) is 31.2 Å². The van der Waals surface area contributed by atoms with E-state index in [0.29, 0.717) is 4.47 Å².